The molecule has 1 aromatic heterocycles. The van der Waals surface area contributed by atoms with Crippen molar-refractivity contribution in [1.82, 2.24) is 9.55 Å². The maximum Gasteiger partial charge on any atom is 0.152 e. The van der Waals surface area contributed by atoms with Gasteiger partial charge in [0.05, 0.1) is 23.5 Å². The lowest BCUT2D eigenvalue weighted by Crippen LogP contribution is -2.17. The van der Waals surface area contributed by atoms with Crippen LogP contribution in [0.3, 0.4) is 0 Å². The predicted molar refractivity (Wildman–Crippen MR) is 57.1 cm³/mol. The zero-order valence-corrected chi connectivity index (χ0v) is 9.44. The van der Waals surface area contributed by atoms with Gasteiger partial charge in [-0.3, -0.25) is 0 Å². The van der Waals surface area contributed by atoms with Gasteiger partial charge in [-0.1, -0.05) is 0 Å². The quantitative estimate of drug-likeness (QED) is 0.789. The van der Waals surface area contributed by atoms with Crippen molar-refractivity contribution in [2.24, 2.45) is 5.73 Å². The molecule has 0 aromatic carbocycles. The summed E-state index contributed by atoms with van der Waals surface area (Å²) in [5.41, 5.74) is 6.68. The Morgan fingerprint density at radius 1 is 1.67 bits per heavy atom. The largest absolute Gasteiger partial charge is 0.329 e. The second-order valence-corrected chi connectivity index (χ2v) is 6.30. The average Bonchev–Trinajstić information content (AvgIpc) is 2.69. The third-order valence-corrected chi connectivity index (χ3v) is 4.51. The van der Waals surface area contributed by atoms with Crippen molar-refractivity contribution < 1.29 is 8.42 Å². The van der Waals surface area contributed by atoms with Gasteiger partial charge >= 0.3 is 0 Å². The summed E-state index contributed by atoms with van der Waals surface area (Å²) >= 11 is 0. The number of sulfone groups is 1. The van der Waals surface area contributed by atoms with E-state index in [1.165, 1.54) is 0 Å². The van der Waals surface area contributed by atoms with Crippen LogP contribution in [0.5, 0.6) is 0 Å². The zero-order valence-electron chi connectivity index (χ0n) is 8.63. The van der Waals surface area contributed by atoms with E-state index in [2.05, 4.69) is 4.98 Å². The molecule has 0 aliphatic carbocycles. The Bertz CT molecular complexity index is 450. The van der Waals surface area contributed by atoms with Gasteiger partial charge in [-0.15, -0.1) is 0 Å². The molecule has 1 unspecified atom stereocenters. The van der Waals surface area contributed by atoms with Crippen LogP contribution in [0.25, 0.3) is 0 Å². The number of aromatic nitrogens is 2. The van der Waals surface area contributed by atoms with Crippen LogP contribution in [0.2, 0.25) is 0 Å². The van der Waals surface area contributed by atoms with E-state index >= 15 is 0 Å². The lowest BCUT2D eigenvalue weighted by molar-refractivity contribution is 0.520. The van der Waals surface area contributed by atoms with E-state index in [0.29, 0.717) is 6.42 Å². The maximum absolute atomic E-state index is 11.4. The Kier molecular flexibility index (Phi) is 2.56. The summed E-state index contributed by atoms with van der Waals surface area (Å²) in [5.74, 6) is 0.483. The molecule has 0 amide bonds. The molecule has 0 bridgehead atoms. The first kappa shape index (κ1) is 10.6. The molecular formula is C9H15N3O2S. The summed E-state index contributed by atoms with van der Waals surface area (Å²) in [6.45, 7) is 1.87. The van der Waals surface area contributed by atoms with Gasteiger partial charge in [0, 0.05) is 18.3 Å². The average molecular weight is 229 g/mol. The number of hydrogen-bond acceptors (Lipinski definition) is 4. The van der Waals surface area contributed by atoms with Crippen LogP contribution in [0.4, 0.5) is 0 Å². The van der Waals surface area contributed by atoms with Crippen LogP contribution in [0, 0.1) is 0 Å². The molecule has 1 aliphatic rings. The van der Waals surface area contributed by atoms with Gasteiger partial charge in [-0.25, -0.2) is 13.4 Å². The van der Waals surface area contributed by atoms with Crippen LogP contribution in [-0.4, -0.2) is 29.5 Å². The minimum Gasteiger partial charge on any atom is -0.329 e. The second-order valence-electron chi connectivity index (χ2n) is 4.07. The fraction of sp³-hybridized carbons (Fsp3) is 0.667. The molecule has 1 aliphatic heterocycles. The number of nitrogens with zero attached hydrogens (tertiary/aromatic N) is 2. The third kappa shape index (κ3) is 2.05. The SMILES string of the molecule is C[C@@H](N)c1cncn1C1CCS(=O)(=O)C1. The molecule has 0 radical (unpaired) electrons. The van der Waals surface area contributed by atoms with E-state index in [1.54, 1.807) is 12.5 Å². The van der Waals surface area contributed by atoms with Gasteiger partial charge < -0.3 is 10.3 Å². The third-order valence-electron chi connectivity index (χ3n) is 2.76. The molecule has 2 heterocycles. The Balaban J connectivity index is 2.28. The zero-order chi connectivity index (χ0) is 11.1. The number of rotatable bonds is 2. The van der Waals surface area contributed by atoms with Crippen LogP contribution in [-0.2, 0) is 9.84 Å². The highest BCUT2D eigenvalue weighted by Gasteiger charge is 2.30. The fourth-order valence-corrected chi connectivity index (χ4v) is 3.68. The Morgan fingerprint density at radius 2 is 2.40 bits per heavy atom. The first-order valence-electron chi connectivity index (χ1n) is 4.97. The number of imidazole rings is 1. The topological polar surface area (TPSA) is 78.0 Å². The summed E-state index contributed by atoms with van der Waals surface area (Å²) in [6.07, 6.45) is 4.04. The molecule has 5 nitrogen and oxygen atoms in total. The molecule has 0 saturated carbocycles. The summed E-state index contributed by atoms with van der Waals surface area (Å²) in [4.78, 5) is 4.02. The van der Waals surface area contributed by atoms with E-state index in [0.717, 1.165) is 5.69 Å². The molecule has 84 valence electrons. The smallest absolute Gasteiger partial charge is 0.152 e. The highest BCUT2D eigenvalue weighted by molar-refractivity contribution is 7.91. The van der Waals surface area contributed by atoms with Crippen molar-refractivity contribution in [1.29, 1.82) is 0 Å². The van der Waals surface area contributed by atoms with Crippen molar-refractivity contribution in [3.05, 3.63) is 18.2 Å². The highest BCUT2D eigenvalue weighted by atomic mass is 32.2. The van der Waals surface area contributed by atoms with Crippen molar-refractivity contribution >= 4 is 9.84 Å². The molecule has 2 atom stereocenters. The van der Waals surface area contributed by atoms with E-state index in [4.69, 9.17) is 5.73 Å². The molecule has 1 aromatic rings. The van der Waals surface area contributed by atoms with Gasteiger partial charge in [-0.05, 0) is 13.3 Å². The summed E-state index contributed by atoms with van der Waals surface area (Å²) in [7, 11) is -2.85. The van der Waals surface area contributed by atoms with Crippen LogP contribution < -0.4 is 5.73 Å². The van der Waals surface area contributed by atoms with Gasteiger partial charge in [0.25, 0.3) is 0 Å². The lowest BCUT2D eigenvalue weighted by Gasteiger charge is -2.15. The van der Waals surface area contributed by atoms with Gasteiger partial charge in [0.1, 0.15) is 0 Å². The van der Waals surface area contributed by atoms with Crippen molar-refractivity contribution in [2.75, 3.05) is 11.5 Å². The molecule has 15 heavy (non-hydrogen) atoms. The Hall–Kier alpha value is -0.880. The van der Waals surface area contributed by atoms with E-state index in [9.17, 15) is 8.42 Å². The summed E-state index contributed by atoms with van der Waals surface area (Å²) < 4.78 is 24.6. The van der Waals surface area contributed by atoms with Gasteiger partial charge in [0.2, 0.25) is 0 Å². The molecule has 2 rings (SSSR count). The molecule has 1 saturated heterocycles. The Morgan fingerprint density at radius 3 is 2.93 bits per heavy atom. The molecular weight excluding hydrogens is 214 g/mol. The van der Waals surface area contributed by atoms with Crippen LogP contribution >= 0.6 is 0 Å². The first-order valence-corrected chi connectivity index (χ1v) is 6.79. The minimum absolute atomic E-state index is 0.0125. The molecule has 1 fully saturated rings. The second kappa shape index (κ2) is 3.61. The fourth-order valence-electron chi connectivity index (χ4n) is 1.97. The van der Waals surface area contributed by atoms with Crippen LogP contribution in [0.15, 0.2) is 12.5 Å². The molecule has 0 spiro atoms. The standard InChI is InChI=1S/C9H15N3O2S/c1-7(10)9-4-11-6-12(9)8-2-3-15(13,14)5-8/h4,6-8H,2-3,5,10H2,1H3/t7-,8?/m1/s1. The summed E-state index contributed by atoms with van der Waals surface area (Å²) in [5, 5.41) is 0. The van der Waals surface area contributed by atoms with Crippen LogP contribution in [0.1, 0.15) is 31.1 Å². The first-order chi connectivity index (χ1) is 6.99. The lowest BCUT2D eigenvalue weighted by atomic mass is 10.2. The maximum atomic E-state index is 11.4. The minimum atomic E-state index is -2.85. The van der Waals surface area contributed by atoms with Crippen molar-refractivity contribution in [3.63, 3.8) is 0 Å². The molecule has 6 heteroatoms. The monoisotopic (exact) mass is 229 g/mol. The van der Waals surface area contributed by atoms with Gasteiger partial charge in [0.15, 0.2) is 9.84 Å². The Labute approximate surface area is 89.2 Å². The summed E-state index contributed by atoms with van der Waals surface area (Å²) in [6, 6.07) is -0.102. The predicted octanol–water partition coefficient (Wildman–Crippen LogP) is 0.262. The normalized spacial score (nSPS) is 26.7. The highest BCUT2D eigenvalue weighted by Crippen LogP contribution is 2.26. The number of hydrogen-bond donors (Lipinski definition) is 1. The van der Waals surface area contributed by atoms with E-state index < -0.39 is 9.84 Å². The number of nitrogens with two attached hydrogens (primary N) is 1. The van der Waals surface area contributed by atoms with Crippen molar-refractivity contribution in [3.8, 4) is 0 Å². The van der Waals surface area contributed by atoms with E-state index in [1.807, 2.05) is 11.5 Å². The van der Waals surface area contributed by atoms with Gasteiger partial charge in [-0.2, -0.15) is 0 Å². The van der Waals surface area contributed by atoms with E-state index in [-0.39, 0.29) is 23.6 Å². The van der Waals surface area contributed by atoms with Crippen molar-refractivity contribution in [2.45, 2.75) is 25.4 Å². The molecule has 2 N–H and O–H groups in total.